The maximum atomic E-state index is 12.5. The third kappa shape index (κ3) is 4.98. The lowest BCUT2D eigenvalue weighted by molar-refractivity contribution is -0.115. The van der Waals surface area contributed by atoms with Crippen LogP contribution < -0.4 is 16.8 Å². The number of carbonyl (C=O) groups excluding carboxylic acids is 1. The van der Waals surface area contributed by atoms with Crippen molar-refractivity contribution in [3.8, 4) is 6.07 Å². The highest BCUT2D eigenvalue weighted by Gasteiger charge is 2.27. The van der Waals surface area contributed by atoms with Crippen molar-refractivity contribution in [2.24, 2.45) is 0 Å². The summed E-state index contributed by atoms with van der Waals surface area (Å²) >= 11 is 2.85. The lowest BCUT2D eigenvalue weighted by atomic mass is 9.83. The van der Waals surface area contributed by atoms with E-state index in [9.17, 15) is 10.1 Å². The topological polar surface area (TPSA) is 131 Å². The smallest absolute Gasteiger partial charge is 0.225 e. The van der Waals surface area contributed by atoms with E-state index >= 15 is 0 Å². The molecule has 1 aromatic carbocycles. The number of hydrogen-bond donors (Lipinski definition) is 3. The zero-order chi connectivity index (χ0) is 21.8. The molecule has 0 saturated heterocycles. The number of anilines is 3. The molecular weight excluding hydrogens is 428 g/mol. The molecule has 9 heteroatoms. The molecule has 1 aliphatic carbocycles. The quantitative estimate of drug-likeness (QED) is 0.382. The Hall–Kier alpha value is -3.09. The van der Waals surface area contributed by atoms with Crippen LogP contribution in [0.5, 0.6) is 0 Å². The van der Waals surface area contributed by atoms with Crippen LogP contribution in [-0.2, 0) is 17.6 Å². The lowest BCUT2D eigenvalue weighted by Crippen LogP contribution is -2.13. The number of nitrogen functional groups attached to an aromatic ring is 2. The molecule has 1 unspecified atom stereocenters. The number of rotatable bonds is 6. The van der Waals surface area contributed by atoms with Crippen molar-refractivity contribution in [1.29, 1.82) is 5.26 Å². The van der Waals surface area contributed by atoms with Crippen LogP contribution in [0.25, 0.3) is 0 Å². The van der Waals surface area contributed by atoms with Gasteiger partial charge in [-0.2, -0.15) is 5.26 Å². The molecular formula is C22H22N6OS2. The van der Waals surface area contributed by atoms with Crippen molar-refractivity contribution in [3.63, 3.8) is 0 Å². The molecule has 2 heterocycles. The van der Waals surface area contributed by atoms with E-state index in [1.165, 1.54) is 39.6 Å². The first kappa shape index (κ1) is 21.2. The first-order valence-corrected chi connectivity index (χ1v) is 11.8. The van der Waals surface area contributed by atoms with Crippen molar-refractivity contribution in [1.82, 2.24) is 9.97 Å². The fraction of sp³-hybridized carbons (Fsp3) is 0.273. The molecule has 0 saturated carbocycles. The summed E-state index contributed by atoms with van der Waals surface area (Å²) in [5, 5.41) is 13.7. The number of amides is 1. The van der Waals surface area contributed by atoms with Gasteiger partial charge in [0.25, 0.3) is 0 Å². The van der Waals surface area contributed by atoms with Crippen LogP contribution in [0.2, 0.25) is 0 Å². The SMILES string of the molecule is N#Cc1c(NC(=O)CCSc2nc(N)cc(N)n2)sc2c1CCC(c1ccccc1)C2. The van der Waals surface area contributed by atoms with Crippen molar-refractivity contribution in [2.75, 3.05) is 22.5 Å². The number of nitrogens with one attached hydrogen (secondary N) is 1. The van der Waals surface area contributed by atoms with Gasteiger partial charge in [0.05, 0.1) is 5.56 Å². The minimum absolute atomic E-state index is 0.140. The summed E-state index contributed by atoms with van der Waals surface area (Å²) in [5.41, 5.74) is 14.4. The third-order valence-electron chi connectivity index (χ3n) is 5.21. The minimum Gasteiger partial charge on any atom is -0.383 e. The Morgan fingerprint density at radius 3 is 2.71 bits per heavy atom. The van der Waals surface area contributed by atoms with Gasteiger partial charge in [0.15, 0.2) is 5.16 Å². The molecule has 2 aromatic heterocycles. The number of aromatic nitrogens is 2. The molecule has 5 N–H and O–H groups in total. The van der Waals surface area contributed by atoms with Gasteiger partial charge in [0, 0.05) is 23.1 Å². The molecule has 0 bridgehead atoms. The summed E-state index contributed by atoms with van der Waals surface area (Å²) in [7, 11) is 0. The molecule has 0 spiro atoms. The van der Waals surface area contributed by atoms with Crippen LogP contribution in [0, 0.1) is 11.3 Å². The molecule has 31 heavy (non-hydrogen) atoms. The fourth-order valence-electron chi connectivity index (χ4n) is 3.75. The van der Waals surface area contributed by atoms with Crippen LogP contribution >= 0.6 is 23.1 Å². The predicted octanol–water partition coefficient (Wildman–Crippen LogP) is 3.97. The van der Waals surface area contributed by atoms with Gasteiger partial charge in [0.1, 0.15) is 22.7 Å². The standard InChI is InChI=1S/C22H22N6OS2/c23-12-16-15-7-6-14(13-4-2-1-3-5-13)10-17(15)31-21(16)28-20(29)8-9-30-22-26-18(24)11-19(25)27-22/h1-5,11,14H,6-10H2,(H,28,29)(H4,24,25,26,27). The van der Waals surface area contributed by atoms with E-state index in [0.717, 1.165) is 24.8 Å². The Bertz CT molecular complexity index is 1120. The number of thioether (sulfide) groups is 1. The van der Waals surface area contributed by atoms with Crippen LogP contribution in [0.1, 0.15) is 40.3 Å². The normalized spacial score (nSPS) is 15.1. The first-order chi connectivity index (χ1) is 15.0. The van der Waals surface area contributed by atoms with Gasteiger partial charge in [-0.1, -0.05) is 42.1 Å². The van der Waals surface area contributed by atoms with E-state index in [1.54, 1.807) is 0 Å². The highest BCUT2D eigenvalue weighted by atomic mass is 32.2. The maximum absolute atomic E-state index is 12.5. The number of nitrogens with zero attached hydrogens (tertiary/aromatic N) is 3. The highest BCUT2D eigenvalue weighted by molar-refractivity contribution is 7.99. The van der Waals surface area contributed by atoms with Crippen LogP contribution in [0.4, 0.5) is 16.6 Å². The number of thiophene rings is 1. The number of benzene rings is 1. The van der Waals surface area contributed by atoms with Crippen LogP contribution in [0.15, 0.2) is 41.6 Å². The predicted molar refractivity (Wildman–Crippen MR) is 125 cm³/mol. The summed E-state index contributed by atoms with van der Waals surface area (Å²) in [6, 6.07) is 14.3. The van der Waals surface area contributed by atoms with Gasteiger partial charge >= 0.3 is 0 Å². The number of nitriles is 1. The van der Waals surface area contributed by atoms with E-state index < -0.39 is 0 Å². The van der Waals surface area contributed by atoms with E-state index in [-0.39, 0.29) is 12.3 Å². The van der Waals surface area contributed by atoms with Crippen molar-refractivity contribution in [3.05, 3.63) is 58.0 Å². The Morgan fingerprint density at radius 2 is 2.00 bits per heavy atom. The van der Waals surface area contributed by atoms with Gasteiger partial charge < -0.3 is 16.8 Å². The number of hydrogen-bond acceptors (Lipinski definition) is 8. The minimum atomic E-state index is -0.140. The van der Waals surface area contributed by atoms with E-state index in [0.29, 0.717) is 39.0 Å². The summed E-state index contributed by atoms with van der Waals surface area (Å²) in [4.78, 5) is 21.9. The van der Waals surface area contributed by atoms with E-state index in [2.05, 4.69) is 45.6 Å². The Labute approximate surface area is 188 Å². The summed E-state index contributed by atoms with van der Waals surface area (Å²) in [5.74, 6) is 1.40. The molecule has 1 aliphatic rings. The zero-order valence-corrected chi connectivity index (χ0v) is 18.4. The number of nitrogens with two attached hydrogens (primary N) is 2. The summed E-state index contributed by atoms with van der Waals surface area (Å²) in [6.45, 7) is 0. The van der Waals surface area contributed by atoms with E-state index in [1.807, 2.05) is 6.07 Å². The lowest BCUT2D eigenvalue weighted by Gasteiger charge is -2.22. The van der Waals surface area contributed by atoms with E-state index in [4.69, 9.17) is 11.5 Å². The van der Waals surface area contributed by atoms with Crippen LogP contribution in [0.3, 0.4) is 0 Å². The van der Waals surface area contributed by atoms with Crippen molar-refractivity contribution >= 4 is 45.6 Å². The molecule has 3 aromatic rings. The summed E-state index contributed by atoms with van der Waals surface area (Å²) < 4.78 is 0. The Morgan fingerprint density at radius 1 is 1.26 bits per heavy atom. The molecule has 1 amide bonds. The maximum Gasteiger partial charge on any atom is 0.225 e. The average Bonchev–Trinajstić information content (AvgIpc) is 3.09. The second-order valence-electron chi connectivity index (χ2n) is 7.32. The zero-order valence-electron chi connectivity index (χ0n) is 16.8. The second-order valence-corrected chi connectivity index (χ2v) is 9.48. The average molecular weight is 451 g/mol. The van der Waals surface area contributed by atoms with Gasteiger partial charge in [-0.3, -0.25) is 4.79 Å². The van der Waals surface area contributed by atoms with Crippen molar-refractivity contribution in [2.45, 2.75) is 36.8 Å². The number of fused-ring (bicyclic) bond motifs is 1. The first-order valence-electron chi connectivity index (χ1n) is 9.95. The molecule has 1 atom stereocenters. The Balaban J connectivity index is 1.39. The molecule has 7 nitrogen and oxygen atoms in total. The number of carbonyl (C=O) groups is 1. The van der Waals surface area contributed by atoms with Gasteiger partial charge in [0.2, 0.25) is 5.91 Å². The van der Waals surface area contributed by atoms with Gasteiger partial charge in [-0.25, -0.2) is 9.97 Å². The van der Waals surface area contributed by atoms with Crippen molar-refractivity contribution < 1.29 is 4.79 Å². The largest absolute Gasteiger partial charge is 0.383 e. The molecule has 158 valence electrons. The molecule has 0 fully saturated rings. The molecule has 4 rings (SSSR count). The Kier molecular flexibility index (Phi) is 6.39. The molecule has 0 aliphatic heterocycles. The van der Waals surface area contributed by atoms with Crippen LogP contribution in [-0.4, -0.2) is 21.6 Å². The third-order valence-corrected chi connectivity index (χ3v) is 7.23. The second kappa shape index (κ2) is 9.37. The monoisotopic (exact) mass is 450 g/mol. The van der Waals surface area contributed by atoms with Gasteiger partial charge in [-0.05, 0) is 36.3 Å². The summed E-state index contributed by atoms with van der Waals surface area (Å²) in [6.07, 6.45) is 3.03. The highest BCUT2D eigenvalue weighted by Crippen LogP contribution is 2.42. The molecule has 0 radical (unpaired) electrons. The van der Waals surface area contributed by atoms with Gasteiger partial charge in [-0.15, -0.1) is 11.3 Å². The fourth-order valence-corrected chi connectivity index (χ4v) is 5.86.